The van der Waals surface area contributed by atoms with Gasteiger partial charge in [-0.2, -0.15) is 0 Å². The van der Waals surface area contributed by atoms with Gasteiger partial charge in [0.1, 0.15) is 5.82 Å². The maximum Gasteiger partial charge on any atom is 0.254 e. The molecule has 2 aromatic carbocycles. The summed E-state index contributed by atoms with van der Waals surface area (Å²) in [5, 5.41) is 4.26. The van der Waals surface area contributed by atoms with E-state index in [0.29, 0.717) is 17.6 Å². The van der Waals surface area contributed by atoms with Gasteiger partial charge in [-0.05, 0) is 68.6 Å². The number of carbonyl (C=O) groups is 1. The Balaban J connectivity index is 0.00000218. The Morgan fingerprint density at radius 3 is 2.30 bits per heavy atom. The molecule has 2 bridgehead atoms. The molecule has 2 saturated heterocycles. The number of benzene rings is 2. The first-order valence-electron chi connectivity index (χ1n) is 10.4. The number of hydrogen-bond donors (Lipinski definition) is 1. The van der Waals surface area contributed by atoms with Gasteiger partial charge < -0.3 is 14.8 Å². The average Bonchev–Trinajstić information content (AvgIpc) is 3.11. The molecule has 30 heavy (non-hydrogen) atoms. The highest BCUT2D eigenvalue weighted by molar-refractivity contribution is 6.12. The summed E-state index contributed by atoms with van der Waals surface area (Å²) in [6.45, 7) is 0. The number of nitrogens with one attached hydrogen (secondary N) is 1. The van der Waals surface area contributed by atoms with Gasteiger partial charge in [-0.15, -0.1) is 12.4 Å². The van der Waals surface area contributed by atoms with Crippen LogP contribution in [0.2, 0.25) is 0 Å². The molecule has 2 fully saturated rings. The first-order valence-corrected chi connectivity index (χ1v) is 10.4. The molecule has 1 N–H and O–H groups in total. The van der Waals surface area contributed by atoms with Gasteiger partial charge in [-0.3, -0.25) is 4.79 Å². The van der Waals surface area contributed by atoms with E-state index in [4.69, 9.17) is 0 Å². The predicted molar refractivity (Wildman–Crippen MR) is 121 cm³/mol. The molecule has 5 rings (SSSR count). The Hall–Kier alpha value is -2.37. The number of halogens is 2. The number of rotatable bonds is 3. The van der Waals surface area contributed by atoms with E-state index < -0.39 is 0 Å². The Morgan fingerprint density at radius 1 is 1.00 bits per heavy atom. The minimum absolute atomic E-state index is 0. The van der Waals surface area contributed by atoms with Crippen LogP contribution >= 0.6 is 12.4 Å². The van der Waals surface area contributed by atoms with Crippen LogP contribution in [0, 0.1) is 5.82 Å². The van der Waals surface area contributed by atoms with Crippen molar-refractivity contribution in [2.45, 2.75) is 43.8 Å². The van der Waals surface area contributed by atoms with Crippen molar-refractivity contribution in [1.82, 2.24) is 14.8 Å². The molecule has 4 nitrogen and oxygen atoms in total. The van der Waals surface area contributed by atoms with E-state index in [1.807, 2.05) is 35.9 Å². The minimum atomic E-state index is -0.277. The van der Waals surface area contributed by atoms with Gasteiger partial charge in [0.2, 0.25) is 0 Å². The molecule has 2 unspecified atom stereocenters. The smallest absolute Gasteiger partial charge is 0.254 e. The SMILES string of the molecule is CN1C2CCC1CC(NC(=O)c1c(-c3ccc(F)cc3)n(C)c3ccccc13)C2.Cl. The molecule has 2 atom stereocenters. The average molecular weight is 428 g/mol. The first-order chi connectivity index (χ1) is 14.0. The molecule has 0 aliphatic carbocycles. The number of carbonyl (C=O) groups excluding carboxylic acids is 1. The fourth-order valence-electron chi connectivity index (χ4n) is 5.36. The molecule has 6 heteroatoms. The van der Waals surface area contributed by atoms with E-state index in [9.17, 15) is 9.18 Å². The zero-order valence-corrected chi connectivity index (χ0v) is 18.1. The van der Waals surface area contributed by atoms with E-state index in [2.05, 4.69) is 17.3 Å². The van der Waals surface area contributed by atoms with E-state index in [-0.39, 0.29) is 30.2 Å². The number of para-hydroxylation sites is 1. The number of nitrogens with zero attached hydrogens (tertiary/aromatic N) is 2. The fraction of sp³-hybridized carbons (Fsp3) is 0.375. The number of fused-ring (bicyclic) bond motifs is 3. The monoisotopic (exact) mass is 427 g/mol. The number of amides is 1. The largest absolute Gasteiger partial charge is 0.349 e. The summed E-state index contributed by atoms with van der Waals surface area (Å²) in [5.74, 6) is -0.310. The minimum Gasteiger partial charge on any atom is -0.349 e. The van der Waals surface area contributed by atoms with Crippen LogP contribution in [-0.4, -0.2) is 40.5 Å². The summed E-state index contributed by atoms with van der Waals surface area (Å²) in [6.07, 6.45) is 4.47. The van der Waals surface area contributed by atoms with Gasteiger partial charge in [-0.1, -0.05) is 18.2 Å². The van der Waals surface area contributed by atoms with Crippen molar-refractivity contribution in [3.8, 4) is 11.3 Å². The molecule has 0 spiro atoms. The van der Waals surface area contributed by atoms with Crippen molar-refractivity contribution in [2.75, 3.05) is 7.05 Å². The van der Waals surface area contributed by atoms with Crippen LogP contribution in [0.5, 0.6) is 0 Å². The molecule has 3 heterocycles. The molecule has 0 radical (unpaired) electrons. The first kappa shape index (κ1) is 20.9. The summed E-state index contributed by atoms with van der Waals surface area (Å²) in [4.78, 5) is 16.0. The lowest BCUT2D eigenvalue weighted by Gasteiger charge is -2.36. The Labute approximate surface area is 182 Å². The molecular weight excluding hydrogens is 401 g/mol. The topological polar surface area (TPSA) is 37.3 Å². The van der Waals surface area contributed by atoms with Crippen LogP contribution in [0.4, 0.5) is 4.39 Å². The van der Waals surface area contributed by atoms with E-state index >= 15 is 0 Å². The Morgan fingerprint density at radius 2 is 1.63 bits per heavy atom. The lowest BCUT2D eigenvalue weighted by atomic mass is 9.97. The third kappa shape index (κ3) is 3.40. The fourth-order valence-corrected chi connectivity index (χ4v) is 5.36. The summed E-state index contributed by atoms with van der Waals surface area (Å²) in [5.41, 5.74) is 3.36. The van der Waals surface area contributed by atoms with Crippen LogP contribution in [0.25, 0.3) is 22.2 Å². The lowest BCUT2D eigenvalue weighted by molar-refractivity contribution is 0.0884. The molecular formula is C24H27ClFN3O. The molecule has 2 aliphatic heterocycles. The number of aromatic nitrogens is 1. The Kier molecular flexibility index (Phi) is 5.60. The van der Waals surface area contributed by atoms with Crippen molar-refractivity contribution in [3.05, 3.63) is 59.9 Å². The van der Waals surface area contributed by atoms with Crippen molar-refractivity contribution >= 4 is 29.2 Å². The van der Waals surface area contributed by atoms with Crippen molar-refractivity contribution in [2.24, 2.45) is 7.05 Å². The van der Waals surface area contributed by atoms with Gasteiger partial charge in [0.05, 0.1) is 11.3 Å². The van der Waals surface area contributed by atoms with Gasteiger partial charge >= 0.3 is 0 Å². The van der Waals surface area contributed by atoms with Crippen molar-refractivity contribution in [1.29, 1.82) is 0 Å². The highest BCUT2D eigenvalue weighted by Gasteiger charge is 2.39. The second kappa shape index (κ2) is 8.05. The maximum atomic E-state index is 13.5. The van der Waals surface area contributed by atoms with Crippen LogP contribution in [-0.2, 0) is 7.05 Å². The quantitative estimate of drug-likeness (QED) is 0.654. The van der Waals surface area contributed by atoms with Gasteiger partial charge in [0.25, 0.3) is 5.91 Å². The second-order valence-corrected chi connectivity index (χ2v) is 8.50. The Bertz CT molecular complexity index is 1060. The van der Waals surface area contributed by atoms with E-state index in [0.717, 1.165) is 35.0 Å². The lowest BCUT2D eigenvalue weighted by Crippen LogP contribution is -2.48. The van der Waals surface area contributed by atoms with Crippen molar-refractivity contribution in [3.63, 3.8) is 0 Å². The molecule has 1 aromatic heterocycles. The molecule has 2 aliphatic rings. The zero-order chi connectivity index (χ0) is 20.1. The van der Waals surface area contributed by atoms with Crippen LogP contribution in [0.1, 0.15) is 36.0 Å². The molecule has 3 aromatic rings. The van der Waals surface area contributed by atoms with Gasteiger partial charge in [0, 0.05) is 36.1 Å². The van der Waals surface area contributed by atoms with Crippen molar-refractivity contribution < 1.29 is 9.18 Å². The molecule has 158 valence electrons. The second-order valence-electron chi connectivity index (χ2n) is 8.50. The summed E-state index contributed by atoms with van der Waals surface area (Å²) in [6, 6.07) is 15.7. The maximum absolute atomic E-state index is 13.5. The van der Waals surface area contributed by atoms with E-state index in [1.54, 1.807) is 12.1 Å². The standard InChI is InChI=1S/C24H26FN3O.ClH/c1-27-18-11-12-19(27)14-17(13-18)26-24(29)22-20-5-3-4-6-21(20)28(2)23(22)15-7-9-16(25)10-8-15;/h3-10,17-19H,11-14H2,1-2H3,(H,26,29);1H. The highest BCUT2D eigenvalue weighted by Crippen LogP contribution is 2.36. The van der Waals surface area contributed by atoms with Crippen LogP contribution < -0.4 is 5.32 Å². The predicted octanol–water partition coefficient (Wildman–Crippen LogP) is 4.76. The summed E-state index contributed by atoms with van der Waals surface area (Å²) < 4.78 is 15.5. The third-order valence-electron chi connectivity index (χ3n) is 6.89. The van der Waals surface area contributed by atoms with Gasteiger partial charge in [-0.25, -0.2) is 4.39 Å². The summed E-state index contributed by atoms with van der Waals surface area (Å²) >= 11 is 0. The zero-order valence-electron chi connectivity index (χ0n) is 17.3. The number of piperidine rings is 1. The normalized spacial score (nSPS) is 23.4. The van der Waals surface area contributed by atoms with Crippen LogP contribution in [0.15, 0.2) is 48.5 Å². The third-order valence-corrected chi connectivity index (χ3v) is 6.89. The number of hydrogen-bond acceptors (Lipinski definition) is 2. The van der Waals surface area contributed by atoms with Crippen LogP contribution in [0.3, 0.4) is 0 Å². The van der Waals surface area contributed by atoms with Gasteiger partial charge in [0.15, 0.2) is 0 Å². The highest BCUT2D eigenvalue weighted by atomic mass is 35.5. The molecule has 1 amide bonds. The number of aryl methyl sites for hydroxylation is 1. The molecule has 0 saturated carbocycles. The van der Waals surface area contributed by atoms with E-state index in [1.165, 1.54) is 25.0 Å². The summed E-state index contributed by atoms with van der Waals surface area (Å²) in [7, 11) is 4.17.